The van der Waals surface area contributed by atoms with Crippen LogP contribution in [0.4, 0.5) is 0 Å². The normalized spacial score (nSPS) is 17.3. The van der Waals surface area contributed by atoms with Crippen LogP contribution in [0.1, 0.15) is 19.3 Å². The fraction of sp³-hybridized carbons (Fsp3) is 0.833. The average molecular weight is 148 g/mol. The maximum absolute atomic E-state index is 8.36. The Morgan fingerprint density at radius 3 is 1.78 bits per heavy atom. The first kappa shape index (κ1) is 8.90. The van der Waals surface area contributed by atoms with E-state index in [-0.39, 0.29) is 6.47 Å². The molecule has 0 aromatic rings. The van der Waals surface area contributed by atoms with E-state index in [0.29, 0.717) is 0 Å². The fourth-order valence-electron chi connectivity index (χ4n) is 0.802. The first-order valence-electron chi connectivity index (χ1n) is 3.20. The number of hydrogen-bond donors (Lipinski definition) is 1. The summed E-state index contributed by atoms with van der Waals surface area (Å²) in [5.41, 5.74) is 0. The minimum atomic E-state index is -0.250. The van der Waals surface area contributed by atoms with Crippen LogP contribution in [-0.4, -0.2) is 23.9 Å². The van der Waals surface area contributed by atoms with Gasteiger partial charge in [-0.05, 0) is 25.2 Å². The molecular formula is C6H13O2P. The molecule has 0 unspecified atom stereocenters. The molecule has 0 atom stereocenters. The Morgan fingerprint density at radius 2 is 1.67 bits per heavy atom. The van der Waals surface area contributed by atoms with Gasteiger partial charge in [0.15, 0.2) is 0 Å². The maximum atomic E-state index is 8.36. The van der Waals surface area contributed by atoms with Crippen molar-refractivity contribution in [1.82, 2.24) is 0 Å². The van der Waals surface area contributed by atoms with Crippen LogP contribution >= 0.6 is 8.58 Å². The van der Waals surface area contributed by atoms with Gasteiger partial charge >= 0.3 is 0 Å². The molecule has 1 heterocycles. The molecule has 0 radical (unpaired) electrons. The topological polar surface area (TPSA) is 37.3 Å². The van der Waals surface area contributed by atoms with Crippen LogP contribution in [0.5, 0.6) is 0 Å². The summed E-state index contributed by atoms with van der Waals surface area (Å²) in [7, 11) is 1.30. The van der Waals surface area contributed by atoms with Gasteiger partial charge in [0.25, 0.3) is 6.47 Å². The minimum absolute atomic E-state index is 0.250. The molecule has 1 rings (SSSR count). The summed E-state index contributed by atoms with van der Waals surface area (Å²) in [6.45, 7) is -0.250. The number of hydrogen-bond acceptors (Lipinski definition) is 1. The van der Waals surface area contributed by atoms with E-state index in [4.69, 9.17) is 9.90 Å². The van der Waals surface area contributed by atoms with Gasteiger partial charge in [0.05, 0.1) is 0 Å². The van der Waals surface area contributed by atoms with Crippen LogP contribution in [0.15, 0.2) is 0 Å². The SMILES string of the molecule is C1CCPCC1.O=CO. The Bertz CT molecular complexity index is 50.6. The van der Waals surface area contributed by atoms with Gasteiger partial charge in [0.1, 0.15) is 0 Å². The van der Waals surface area contributed by atoms with Gasteiger partial charge in [-0.1, -0.05) is 6.42 Å². The zero-order valence-electron chi connectivity index (χ0n) is 5.47. The molecule has 1 aliphatic heterocycles. The van der Waals surface area contributed by atoms with Gasteiger partial charge in [0.2, 0.25) is 0 Å². The predicted octanol–water partition coefficient (Wildman–Crippen LogP) is 1.55. The second kappa shape index (κ2) is 7.90. The highest BCUT2D eigenvalue weighted by Crippen LogP contribution is 2.21. The summed E-state index contributed by atoms with van der Waals surface area (Å²) in [6, 6.07) is 0. The molecule has 9 heavy (non-hydrogen) atoms. The third-order valence-corrected chi connectivity index (χ3v) is 2.62. The molecule has 1 saturated heterocycles. The molecule has 1 N–H and O–H groups in total. The van der Waals surface area contributed by atoms with E-state index < -0.39 is 0 Å². The lowest BCUT2D eigenvalue weighted by Gasteiger charge is -2.06. The molecule has 3 heteroatoms. The van der Waals surface area contributed by atoms with Crippen molar-refractivity contribution in [2.75, 3.05) is 12.3 Å². The molecule has 2 nitrogen and oxygen atoms in total. The highest BCUT2D eigenvalue weighted by atomic mass is 31.1. The van der Waals surface area contributed by atoms with Gasteiger partial charge in [0, 0.05) is 0 Å². The first-order chi connectivity index (χ1) is 4.41. The Kier molecular flexibility index (Phi) is 7.81. The van der Waals surface area contributed by atoms with Crippen LogP contribution in [0.2, 0.25) is 0 Å². The zero-order valence-corrected chi connectivity index (χ0v) is 6.47. The van der Waals surface area contributed by atoms with Crippen molar-refractivity contribution in [2.24, 2.45) is 0 Å². The standard InChI is InChI=1S/C5H11P.CH2O2/c1-2-4-6-5-3-1;2-1-3/h6H,1-5H2;1H,(H,2,3). The smallest absolute Gasteiger partial charge is 0.290 e. The molecule has 1 aliphatic rings. The minimum Gasteiger partial charge on any atom is -0.483 e. The fourth-order valence-corrected chi connectivity index (χ4v) is 2.05. The highest BCUT2D eigenvalue weighted by molar-refractivity contribution is 7.38. The van der Waals surface area contributed by atoms with Crippen LogP contribution in [0.25, 0.3) is 0 Å². The second-order valence-electron chi connectivity index (χ2n) is 1.92. The van der Waals surface area contributed by atoms with Crippen LogP contribution in [0, 0.1) is 0 Å². The molecule has 0 aliphatic carbocycles. The first-order valence-corrected chi connectivity index (χ1v) is 4.62. The van der Waals surface area contributed by atoms with E-state index >= 15 is 0 Å². The van der Waals surface area contributed by atoms with Crippen LogP contribution < -0.4 is 0 Å². The van der Waals surface area contributed by atoms with Crippen LogP contribution in [-0.2, 0) is 4.79 Å². The summed E-state index contributed by atoms with van der Waals surface area (Å²) in [6.07, 6.45) is 7.59. The van der Waals surface area contributed by atoms with Gasteiger partial charge in [-0.2, -0.15) is 0 Å². The molecule has 0 aromatic carbocycles. The second-order valence-corrected chi connectivity index (χ2v) is 3.42. The molecule has 54 valence electrons. The van der Waals surface area contributed by atoms with E-state index in [1.807, 2.05) is 0 Å². The van der Waals surface area contributed by atoms with Crippen LogP contribution in [0.3, 0.4) is 0 Å². The number of carboxylic acid groups (broad SMARTS) is 1. The predicted molar refractivity (Wildman–Crippen MR) is 40.6 cm³/mol. The van der Waals surface area contributed by atoms with E-state index in [2.05, 4.69) is 0 Å². The summed E-state index contributed by atoms with van der Waals surface area (Å²) < 4.78 is 0. The Balaban J connectivity index is 0.000000187. The van der Waals surface area contributed by atoms with E-state index in [0.717, 1.165) is 0 Å². The van der Waals surface area contributed by atoms with Crippen molar-refractivity contribution < 1.29 is 9.90 Å². The summed E-state index contributed by atoms with van der Waals surface area (Å²) in [4.78, 5) is 8.36. The summed E-state index contributed by atoms with van der Waals surface area (Å²) in [5.74, 6) is 0. The highest BCUT2D eigenvalue weighted by Gasteiger charge is 1.95. The molecular weight excluding hydrogens is 135 g/mol. The van der Waals surface area contributed by atoms with E-state index in [1.54, 1.807) is 0 Å². The number of carbonyl (C=O) groups is 1. The third-order valence-electron chi connectivity index (χ3n) is 1.21. The van der Waals surface area contributed by atoms with Crippen molar-refractivity contribution in [2.45, 2.75) is 19.3 Å². The van der Waals surface area contributed by atoms with Crippen molar-refractivity contribution in [3.05, 3.63) is 0 Å². The van der Waals surface area contributed by atoms with Crippen molar-refractivity contribution >= 4 is 15.1 Å². The Hall–Kier alpha value is -0.100. The quantitative estimate of drug-likeness (QED) is 0.418. The van der Waals surface area contributed by atoms with Crippen molar-refractivity contribution in [3.8, 4) is 0 Å². The molecule has 0 saturated carbocycles. The molecule has 0 aromatic heterocycles. The monoisotopic (exact) mass is 148 g/mol. The third kappa shape index (κ3) is 7.90. The number of rotatable bonds is 0. The van der Waals surface area contributed by atoms with Gasteiger partial charge in [-0.3, -0.25) is 4.79 Å². The lowest BCUT2D eigenvalue weighted by atomic mass is 10.3. The van der Waals surface area contributed by atoms with E-state index in [1.165, 1.54) is 40.2 Å². The van der Waals surface area contributed by atoms with Gasteiger partial charge in [-0.25, -0.2) is 0 Å². The van der Waals surface area contributed by atoms with Crippen molar-refractivity contribution in [1.29, 1.82) is 0 Å². The van der Waals surface area contributed by atoms with E-state index in [9.17, 15) is 0 Å². The summed E-state index contributed by atoms with van der Waals surface area (Å²) >= 11 is 0. The Morgan fingerprint density at radius 1 is 1.22 bits per heavy atom. The molecule has 0 amide bonds. The van der Waals surface area contributed by atoms with Gasteiger partial charge < -0.3 is 5.11 Å². The molecule has 0 bridgehead atoms. The zero-order chi connectivity index (χ0) is 6.95. The van der Waals surface area contributed by atoms with Gasteiger partial charge in [-0.15, -0.1) is 8.58 Å². The lowest BCUT2D eigenvalue weighted by molar-refractivity contribution is -0.122. The van der Waals surface area contributed by atoms with Crippen molar-refractivity contribution in [3.63, 3.8) is 0 Å². The lowest BCUT2D eigenvalue weighted by Crippen LogP contribution is -1.89. The molecule has 1 fully saturated rings. The maximum Gasteiger partial charge on any atom is 0.290 e. The largest absolute Gasteiger partial charge is 0.483 e. The average Bonchev–Trinajstić information content (AvgIpc) is 1.93. The molecule has 0 spiro atoms. The Labute approximate surface area is 57.4 Å². The summed E-state index contributed by atoms with van der Waals surface area (Å²) in [5, 5.41) is 6.89.